The van der Waals surface area contributed by atoms with Crippen molar-refractivity contribution in [1.82, 2.24) is 4.57 Å². The van der Waals surface area contributed by atoms with Crippen molar-refractivity contribution in [2.75, 3.05) is 7.11 Å². The molecule has 1 heterocycles. The van der Waals surface area contributed by atoms with E-state index in [1.165, 1.54) is 32.2 Å². The lowest BCUT2D eigenvalue weighted by atomic mass is 9.99. The summed E-state index contributed by atoms with van der Waals surface area (Å²) in [6, 6.07) is 0. The molecular formula is C13H26N2O4S. The zero-order valence-electron chi connectivity index (χ0n) is 12.8. The van der Waals surface area contributed by atoms with Crippen molar-refractivity contribution < 1.29 is 21.7 Å². The van der Waals surface area contributed by atoms with Gasteiger partial charge >= 0.3 is 0 Å². The van der Waals surface area contributed by atoms with Crippen molar-refractivity contribution >= 4 is 10.4 Å². The van der Waals surface area contributed by atoms with Crippen LogP contribution < -0.4 is 4.57 Å². The summed E-state index contributed by atoms with van der Waals surface area (Å²) < 4.78 is 35.4. The van der Waals surface area contributed by atoms with Gasteiger partial charge in [-0.1, -0.05) is 26.7 Å². The predicted octanol–water partition coefficient (Wildman–Crippen LogP) is 1.62. The maximum absolute atomic E-state index is 9.22. The molecule has 0 bridgehead atoms. The molecule has 0 amide bonds. The Morgan fingerprint density at radius 1 is 1.40 bits per heavy atom. The molecule has 118 valence electrons. The largest absolute Gasteiger partial charge is 0.726 e. The van der Waals surface area contributed by atoms with Crippen LogP contribution >= 0.6 is 0 Å². The number of aromatic nitrogens is 2. The van der Waals surface area contributed by atoms with Gasteiger partial charge in [0.25, 0.3) is 0 Å². The molecule has 20 heavy (non-hydrogen) atoms. The highest BCUT2D eigenvalue weighted by atomic mass is 32.3. The summed E-state index contributed by atoms with van der Waals surface area (Å²) >= 11 is 0. The molecule has 0 aliphatic rings. The highest BCUT2D eigenvalue weighted by Gasteiger charge is 2.10. The highest BCUT2D eigenvalue weighted by molar-refractivity contribution is 7.80. The normalized spacial score (nSPS) is 12.7. The Morgan fingerprint density at radius 3 is 2.35 bits per heavy atom. The van der Waals surface area contributed by atoms with E-state index in [1.807, 2.05) is 0 Å². The summed E-state index contributed by atoms with van der Waals surface area (Å²) in [7, 11) is -1.53. The molecule has 0 aliphatic carbocycles. The van der Waals surface area contributed by atoms with Crippen molar-refractivity contribution in [2.24, 2.45) is 13.0 Å². The Hall–Kier alpha value is -0.920. The molecule has 6 nitrogen and oxygen atoms in total. The number of nitrogens with zero attached hydrogens (tertiary/aromatic N) is 2. The summed E-state index contributed by atoms with van der Waals surface area (Å²) in [4.78, 5) is 0. The average molecular weight is 306 g/mol. The van der Waals surface area contributed by atoms with E-state index in [2.05, 4.69) is 52.9 Å². The molecule has 1 aromatic rings. The Labute approximate surface area is 122 Å². The molecule has 0 aliphatic heterocycles. The summed E-state index contributed by atoms with van der Waals surface area (Å²) in [6.45, 7) is 5.74. The van der Waals surface area contributed by atoms with Crippen LogP contribution in [-0.4, -0.2) is 24.6 Å². The Morgan fingerprint density at radius 2 is 2.00 bits per heavy atom. The highest BCUT2D eigenvalue weighted by Crippen LogP contribution is 2.14. The third kappa shape index (κ3) is 9.94. The molecule has 0 aromatic carbocycles. The number of unbranched alkanes of at least 4 members (excludes halogenated alkanes) is 1. The fraction of sp³-hybridized carbons (Fsp3) is 0.769. The number of aryl methyl sites for hydroxylation is 1. The van der Waals surface area contributed by atoms with Crippen molar-refractivity contribution in [3.05, 3.63) is 18.7 Å². The first-order chi connectivity index (χ1) is 9.32. The van der Waals surface area contributed by atoms with Crippen molar-refractivity contribution in [3.8, 4) is 0 Å². The first-order valence-corrected chi connectivity index (χ1v) is 8.18. The molecule has 1 aromatic heterocycles. The van der Waals surface area contributed by atoms with E-state index in [4.69, 9.17) is 0 Å². The number of hydrogen-bond donors (Lipinski definition) is 0. The molecule has 0 N–H and O–H groups in total. The fourth-order valence-electron chi connectivity index (χ4n) is 1.83. The fourth-order valence-corrected chi connectivity index (χ4v) is 1.83. The Bertz CT molecular complexity index is 457. The number of hydrogen-bond acceptors (Lipinski definition) is 4. The third-order valence-corrected chi connectivity index (χ3v) is 3.45. The second kappa shape index (κ2) is 9.90. The van der Waals surface area contributed by atoms with Crippen LogP contribution in [0.2, 0.25) is 0 Å². The van der Waals surface area contributed by atoms with E-state index in [-0.39, 0.29) is 0 Å². The smallest absolute Gasteiger partial charge is 0.243 e. The van der Waals surface area contributed by atoms with Crippen molar-refractivity contribution in [1.29, 1.82) is 0 Å². The molecule has 0 fully saturated rings. The molecule has 1 rings (SSSR count). The summed E-state index contributed by atoms with van der Waals surface area (Å²) in [6.07, 6.45) is 11.8. The van der Waals surface area contributed by atoms with E-state index >= 15 is 0 Å². The van der Waals surface area contributed by atoms with Crippen LogP contribution in [0.5, 0.6) is 0 Å². The second-order valence-electron chi connectivity index (χ2n) is 4.77. The topological polar surface area (TPSA) is 75.2 Å². The predicted molar refractivity (Wildman–Crippen MR) is 75.6 cm³/mol. The molecular weight excluding hydrogens is 280 g/mol. The van der Waals surface area contributed by atoms with Gasteiger partial charge in [0.1, 0.15) is 12.4 Å². The standard InChI is InChI=1S/C12H23N2.CH4O4S/c1-4-6-7-12(5-2)10-14-9-8-13(3)11-14;1-5-6(2,3)4/h8-9,11-12H,4-7,10H2,1-3H3;1H3,(H,2,3,4)/q+1;/p-1. The van der Waals surface area contributed by atoms with Gasteiger partial charge in [0.15, 0.2) is 0 Å². The summed E-state index contributed by atoms with van der Waals surface area (Å²) in [5.74, 6) is 0.849. The van der Waals surface area contributed by atoms with Gasteiger partial charge in [-0.05, 0) is 18.8 Å². The van der Waals surface area contributed by atoms with Crippen LogP contribution in [0.1, 0.15) is 39.5 Å². The van der Waals surface area contributed by atoms with Gasteiger partial charge in [-0.2, -0.15) is 0 Å². The molecule has 1 unspecified atom stereocenters. The van der Waals surface area contributed by atoms with Gasteiger partial charge in [-0.15, -0.1) is 0 Å². The molecule has 1 atom stereocenters. The first kappa shape index (κ1) is 19.1. The first-order valence-electron chi connectivity index (χ1n) is 6.84. The van der Waals surface area contributed by atoms with Gasteiger partial charge in [0, 0.05) is 0 Å². The minimum atomic E-state index is -4.41. The van der Waals surface area contributed by atoms with Crippen molar-refractivity contribution in [3.63, 3.8) is 0 Å². The van der Waals surface area contributed by atoms with Crippen LogP contribution in [-0.2, 0) is 28.2 Å². The average Bonchev–Trinajstić information content (AvgIpc) is 2.80. The Balaban J connectivity index is 0.000000511. The van der Waals surface area contributed by atoms with E-state index in [0.29, 0.717) is 0 Å². The van der Waals surface area contributed by atoms with Gasteiger partial charge in [-0.3, -0.25) is 4.18 Å². The maximum atomic E-state index is 9.22. The third-order valence-electron chi connectivity index (χ3n) is 3.04. The van der Waals surface area contributed by atoms with E-state index in [0.717, 1.165) is 13.0 Å². The molecule has 0 radical (unpaired) electrons. The second-order valence-corrected chi connectivity index (χ2v) is 5.92. The molecule has 7 heteroatoms. The minimum absolute atomic E-state index is 0.808. The van der Waals surface area contributed by atoms with Gasteiger partial charge in [0.2, 0.25) is 16.7 Å². The SMILES string of the molecule is CCCCC(CC)Cn1cc[n+](C)c1.COS(=O)(=O)[O-]. The molecule has 0 saturated heterocycles. The van der Waals surface area contributed by atoms with Gasteiger partial charge in [-0.25, -0.2) is 17.6 Å². The monoisotopic (exact) mass is 306 g/mol. The summed E-state index contributed by atoms with van der Waals surface area (Å²) in [5.41, 5.74) is 0. The Kier molecular flexibility index (Phi) is 9.45. The number of rotatable bonds is 7. The molecule has 0 spiro atoms. The maximum Gasteiger partial charge on any atom is 0.243 e. The van der Waals surface area contributed by atoms with Gasteiger partial charge < -0.3 is 4.55 Å². The van der Waals surface area contributed by atoms with Crippen LogP contribution in [0.25, 0.3) is 0 Å². The number of imidazole rings is 1. The van der Waals surface area contributed by atoms with Crippen LogP contribution in [0.3, 0.4) is 0 Å². The van der Waals surface area contributed by atoms with E-state index in [9.17, 15) is 13.0 Å². The van der Waals surface area contributed by atoms with E-state index in [1.54, 1.807) is 0 Å². The zero-order chi connectivity index (χ0) is 15.6. The zero-order valence-corrected chi connectivity index (χ0v) is 13.6. The van der Waals surface area contributed by atoms with Crippen LogP contribution in [0.4, 0.5) is 0 Å². The lowest BCUT2D eigenvalue weighted by molar-refractivity contribution is -0.671. The van der Waals surface area contributed by atoms with Crippen LogP contribution in [0.15, 0.2) is 18.7 Å². The minimum Gasteiger partial charge on any atom is -0.726 e. The summed E-state index contributed by atoms with van der Waals surface area (Å²) in [5, 5.41) is 0. The van der Waals surface area contributed by atoms with Gasteiger partial charge in [0.05, 0.1) is 20.7 Å². The quantitative estimate of drug-likeness (QED) is 0.436. The lowest BCUT2D eigenvalue weighted by Gasteiger charge is -2.11. The molecule has 0 saturated carbocycles. The van der Waals surface area contributed by atoms with E-state index < -0.39 is 10.4 Å². The van der Waals surface area contributed by atoms with Crippen LogP contribution in [0, 0.1) is 5.92 Å². The van der Waals surface area contributed by atoms with Crippen molar-refractivity contribution in [2.45, 2.75) is 46.1 Å². The lowest BCUT2D eigenvalue weighted by Crippen LogP contribution is -2.24.